The molecule has 1 amide bonds. The molecule has 0 aliphatic carbocycles. The van der Waals surface area contributed by atoms with Gasteiger partial charge in [-0.05, 0) is 43.5 Å². The minimum Gasteiger partial charge on any atom is -0.380 e. The van der Waals surface area contributed by atoms with Crippen molar-refractivity contribution in [3.8, 4) is 0 Å². The van der Waals surface area contributed by atoms with Gasteiger partial charge in [0, 0.05) is 31.2 Å². The van der Waals surface area contributed by atoms with Crippen LogP contribution in [0, 0.1) is 19.7 Å². The summed E-state index contributed by atoms with van der Waals surface area (Å²) in [5.41, 5.74) is 2.87. The van der Waals surface area contributed by atoms with Crippen molar-refractivity contribution in [2.75, 3.05) is 19.8 Å². The standard InChI is InChI=1S/C20H23FN2O3/c1-12-17(13(2)23-18(12)14(3)24)19(25)22-10-20(8-9-26-11-20)15-4-6-16(21)7-5-15/h4-7,23H,8-11H2,1-3H3,(H,22,25). The molecule has 1 unspecified atom stereocenters. The van der Waals surface area contributed by atoms with Crippen molar-refractivity contribution >= 4 is 11.7 Å². The van der Waals surface area contributed by atoms with Crippen LogP contribution in [0.3, 0.4) is 0 Å². The lowest BCUT2D eigenvalue weighted by atomic mass is 9.79. The molecule has 1 fully saturated rings. The second kappa shape index (κ2) is 7.03. The maximum Gasteiger partial charge on any atom is 0.253 e. The van der Waals surface area contributed by atoms with E-state index >= 15 is 0 Å². The van der Waals surface area contributed by atoms with Crippen molar-refractivity contribution in [1.82, 2.24) is 10.3 Å². The molecule has 2 heterocycles. The average molecular weight is 358 g/mol. The number of carbonyl (C=O) groups excluding carboxylic acids is 2. The summed E-state index contributed by atoms with van der Waals surface area (Å²) < 4.78 is 18.8. The molecular formula is C20H23FN2O3. The largest absolute Gasteiger partial charge is 0.380 e. The summed E-state index contributed by atoms with van der Waals surface area (Å²) in [6.07, 6.45) is 0.753. The summed E-state index contributed by atoms with van der Waals surface area (Å²) in [5.74, 6) is -0.615. The van der Waals surface area contributed by atoms with E-state index in [1.54, 1.807) is 26.0 Å². The molecule has 0 spiro atoms. The zero-order chi connectivity index (χ0) is 18.9. The third-order valence-electron chi connectivity index (χ3n) is 5.16. The molecule has 0 saturated carbocycles. The number of nitrogens with one attached hydrogen (secondary N) is 2. The van der Waals surface area contributed by atoms with Crippen LogP contribution in [0.2, 0.25) is 0 Å². The molecule has 1 aliphatic rings. The van der Waals surface area contributed by atoms with Crippen molar-refractivity contribution in [2.45, 2.75) is 32.6 Å². The van der Waals surface area contributed by atoms with Gasteiger partial charge in [0.25, 0.3) is 5.91 Å². The van der Waals surface area contributed by atoms with Crippen molar-refractivity contribution in [1.29, 1.82) is 0 Å². The Morgan fingerprint density at radius 3 is 2.50 bits per heavy atom. The second-order valence-electron chi connectivity index (χ2n) is 6.95. The first-order valence-corrected chi connectivity index (χ1v) is 8.66. The number of carbonyl (C=O) groups is 2. The monoisotopic (exact) mass is 358 g/mol. The van der Waals surface area contributed by atoms with E-state index in [-0.39, 0.29) is 22.9 Å². The molecule has 6 heteroatoms. The number of rotatable bonds is 5. The van der Waals surface area contributed by atoms with E-state index in [9.17, 15) is 14.0 Å². The number of halogens is 1. The fourth-order valence-corrected chi connectivity index (χ4v) is 3.66. The zero-order valence-corrected chi connectivity index (χ0v) is 15.2. The lowest BCUT2D eigenvalue weighted by Crippen LogP contribution is -2.41. The molecule has 0 radical (unpaired) electrons. The van der Waals surface area contributed by atoms with E-state index in [1.165, 1.54) is 19.1 Å². The van der Waals surface area contributed by atoms with Gasteiger partial charge in [-0.25, -0.2) is 4.39 Å². The Morgan fingerprint density at radius 1 is 1.27 bits per heavy atom. The first kappa shape index (κ1) is 18.3. The molecule has 0 bridgehead atoms. The summed E-state index contributed by atoms with van der Waals surface area (Å²) in [4.78, 5) is 27.4. The third-order valence-corrected chi connectivity index (χ3v) is 5.16. The van der Waals surface area contributed by atoms with Gasteiger partial charge in [0.05, 0.1) is 17.9 Å². The molecule has 138 valence electrons. The van der Waals surface area contributed by atoms with Crippen LogP contribution in [0.25, 0.3) is 0 Å². The molecule has 1 atom stereocenters. The molecule has 1 aliphatic heterocycles. The van der Waals surface area contributed by atoms with Gasteiger partial charge in [-0.3, -0.25) is 9.59 Å². The number of benzene rings is 1. The second-order valence-corrected chi connectivity index (χ2v) is 6.95. The predicted octanol–water partition coefficient (Wildman–Crippen LogP) is 3.06. The summed E-state index contributed by atoms with van der Waals surface area (Å²) >= 11 is 0. The van der Waals surface area contributed by atoms with Crippen LogP contribution in [-0.2, 0) is 10.2 Å². The van der Waals surface area contributed by atoms with E-state index < -0.39 is 0 Å². The SMILES string of the molecule is CC(=O)c1[nH]c(C)c(C(=O)NCC2(c3ccc(F)cc3)CCOC2)c1C. The number of amides is 1. The summed E-state index contributed by atoms with van der Waals surface area (Å²) in [7, 11) is 0. The number of Topliss-reactive ketones (excluding diaryl/α,β-unsaturated/α-hetero) is 1. The summed E-state index contributed by atoms with van der Waals surface area (Å²) in [5, 5.41) is 2.98. The highest BCUT2D eigenvalue weighted by Gasteiger charge is 2.37. The molecule has 1 saturated heterocycles. The van der Waals surface area contributed by atoms with Crippen molar-refractivity contribution in [2.24, 2.45) is 0 Å². The lowest BCUT2D eigenvalue weighted by Gasteiger charge is -2.28. The van der Waals surface area contributed by atoms with Crippen LogP contribution in [0.15, 0.2) is 24.3 Å². The number of ketones is 1. The number of H-pyrrole nitrogens is 1. The predicted molar refractivity (Wildman–Crippen MR) is 96.1 cm³/mol. The van der Waals surface area contributed by atoms with Crippen LogP contribution < -0.4 is 5.32 Å². The number of aromatic amines is 1. The molecule has 2 N–H and O–H groups in total. The Bertz CT molecular complexity index is 833. The van der Waals surface area contributed by atoms with Crippen LogP contribution in [0.5, 0.6) is 0 Å². The molecule has 1 aromatic heterocycles. The lowest BCUT2D eigenvalue weighted by molar-refractivity contribution is 0.0937. The molecule has 5 nitrogen and oxygen atoms in total. The maximum absolute atomic E-state index is 13.3. The molecular weight excluding hydrogens is 335 g/mol. The Balaban J connectivity index is 1.81. The number of hydrogen-bond acceptors (Lipinski definition) is 3. The number of aryl methyl sites for hydroxylation is 1. The van der Waals surface area contributed by atoms with E-state index in [4.69, 9.17) is 4.74 Å². The van der Waals surface area contributed by atoms with E-state index in [0.717, 1.165) is 12.0 Å². The Kier molecular flexibility index (Phi) is 4.96. The van der Waals surface area contributed by atoms with E-state index in [0.29, 0.717) is 42.3 Å². The zero-order valence-electron chi connectivity index (χ0n) is 15.2. The maximum atomic E-state index is 13.3. The number of aromatic nitrogens is 1. The van der Waals surface area contributed by atoms with Gasteiger partial charge < -0.3 is 15.0 Å². The van der Waals surface area contributed by atoms with E-state index in [1.807, 2.05) is 0 Å². The van der Waals surface area contributed by atoms with Crippen LogP contribution >= 0.6 is 0 Å². The molecule has 2 aromatic rings. The van der Waals surface area contributed by atoms with Crippen molar-refractivity contribution < 1.29 is 18.7 Å². The highest BCUT2D eigenvalue weighted by Crippen LogP contribution is 2.33. The molecule has 1 aromatic carbocycles. The summed E-state index contributed by atoms with van der Waals surface area (Å²) in [6, 6.07) is 6.35. The number of hydrogen-bond donors (Lipinski definition) is 2. The Morgan fingerprint density at radius 2 is 1.96 bits per heavy atom. The first-order chi connectivity index (χ1) is 12.3. The first-order valence-electron chi connectivity index (χ1n) is 8.66. The number of ether oxygens (including phenoxy) is 1. The Labute approximate surface area is 151 Å². The van der Waals surface area contributed by atoms with E-state index in [2.05, 4.69) is 10.3 Å². The fourth-order valence-electron chi connectivity index (χ4n) is 3.66. The highest BCUT2D eigenvalue weighted by molar-refractivity contribution is 6.02. The van der Waals surface area contributed by atoms with Gasteiger partial charge in [0.2, 0.25) is 0 Å². The minimum absolute atomic E-state index is 0.100. The van der Waals surface area contributed by atoms with Gasteiger partial charge >= 0.3 is 0 Å². The van der Waals surface area contributed by atoms with Gasteiger partial charge in [0.15, 0.2) is 5.78 Å². The summed E-state index contributed by atoms with van der Waals surface area (Å²) in [6.45, 7) is 6.48. The Hall–Kier alpha value is -2.47. The minimum atomic E-state index is -0.370. The van der Waals surface area contributed by atoms with Crippen LogP contribution in [0.1, 0.15) is 51.0 Å². The normalized spacial score (nSPS) is 19.5. The molecule has 3 rings (SSSR count). The van der Waals surface area contributed by atoms with Crippen molar-refractivity contribution in [3.05, 3.63) is 58.2 Å². The van der Waals surface area contributed by atoms with Gasteiger partial charge in [-0.2, -0.15) is 0 Å². The van der Waals surface area contributed by atoms with Gasteiger partial charge in [0.1, 0.15) is 5.82 Å². The van der Waals surface area contributed by atoms with Gasteiger partial charge in [-0.1, -0.05) is 12.1 Å². The van der Waals surface area contributed by atoms with Gasteiger partial charge in [-0.15, -0.1) is 0 Å². The smallest absolute Gasteiger partial charge is 0.253 e. The molecule has 26 heavy (non-hydrogen) atoms. The van der Waals surface area contributed by atoms with Crippen LogP contribution in [-0.4, -0.2) is 36.4 Å². The average Bonchev–Trinajstić information content (AvgIpc) is 3.19. The fraction of sp³-hybridized carbons (Fsp3) is 0.400. The third kappa shape index (κ3) is 3.29. The topological polar surface area (TPSA) is 71.2 Å². The highest BCUT2D eigenvalue weighted by atomic mass is 19.1. The van der Waals surface area contributed by atoms with Crippen molar-refractivity contribution in [3.63, 3.8) is 0 Å². The van der Waals surface area contributed by atoms with Crippen LogP contribution in [0.4, 0.5) is 4.39 Å². The quantitative estimate of drug-likeness (QED) is 0.807.